The van der Waals surface area contributed by atoms with Crippen molar-refractivity contribution in [3.05, 3.63) is 64.6 Å². The lowest BCUT2D eigenvalue weighted by molar-refractivity contribution is -0.0366. The summed E-state index contributed by atoms with van der Waals surface area (Å²) >= 11 is 6.20. The zero-order chi connectivity index (χ0) is 19.7. The molecule has 0 radical (unpaired) electrons. The highest BCUT2D eigenvalue weighted by Crippen LogP contribution is 2.32. The molecule has 0 aliphatic carbocycles. The SMILES string of the molecule is CC[C@H](C(=O)c1ccc2c(cnn2C2CCCCO2)c1)c1ccc(F)cc1Cl. The van der Waals surface area contributed by atoms with Gasteiger partial charge in [-0.2, -0.15) is 5.10 Å². The molecular weight excluding hydrogens is 379 g/mol. The van der Waals surface area contributed by atoms with E-state index in [1.54, 1.807) is 12.3 Å². The van der Waals surface area contributed by atoms with Crippen molar-refractivity contribution in [3.63, 3.8) is 0 Å². The molecule has 1 unspecified atom stereocenters. The van der Waals surface area contributed by atoms with E-state index in [2.05, 4.69) is 5.10 Å². The second kappa shape index (κ2) is 8.02. The summed E-state index contributed by atoms with van der Waals surface area (Å²) in [4.78, 5) is 13.2. The van der Waals surface area contributed by atoms with E-state index in [0.29, 0.717) is 17.5 Å². The third kappa shape index (κ3) is 3.56. The Kier molecular flexibility index (Phi) is 5.47. The Morgan fingerprint density at radius 1 is 1.32 bits per heavy atom. The van der Waals surface area contributed by atoms with Gasteiger partial charge in [0, 0.05) is 28.5 Å². The molecular formula is C22H22ClFN2O2. The number of carbonyl (C=O) groups excluding carboxylic acids is 1. The molecule has 0 amide bonds. The molecule has 2 heterocycles. The fourth-order valence-corrected chi connectivity index (χ4v) is 4.18. The molecule has 1 aliphatic heterocycles. The summed E-state index contributed by atoms with van der Waals surface area (Å²) in [6.07, 6.45) is 5.46. The summed E-state index contributed by atoms with van der Waals surface area (Å²) in [5, 5.41) is 5.67. The van der Waals surface area contributed by atoms with Gasteiger partial charge in [-0.15, -0.1) is 0 Å². The first-order valence-electron chi connectivity index (χ1n) is 9.66. The number of Topliss-reactive ketones (excluding diaryl/α,β-unsaturated/α-hetero) is 1. The van der Waals surface area contributed by atoms with Gasteiger partial charge in [0.15, 0.2) is 12.0 Å². The third-order valence-corrected chi connectivity index (χ3v) is 5.70. The van der Waals surface area contributed by atoms with Gasteiger partial charge < -0.3 is 4.74 Å². The van der Waals surface area contributed by atoms with Crippen LogP contribution in [0.25, 0.3) is 10.9 Å². The number of ketones is 1. The number of rotatable bonds is 5. The lowest BCUT2D eigenvalue weighted by Crippen LogP contribution is -2.19. The van der Waals surface area contributed by atoms with Crippen LogP contribution in [0.3, 0.4) is 0 Å². The molecule has 1 fully saturated rings. The topological polar surface area (TPSA) is 44.1 Å². The van der Waals surface area contributed by atoms with Crippen LogP contribution in [0.5, 0.6) is 0 Å². The smallest absolute Gasteiger partial charge is 0.170 e. The second-order valence-corrected chi connectivity index (χ2v) is 7.58. The maximum Gasteiger partial charge on any atom is 0.170 e. The van der Waals surface area contributed by atoms with Crippen LogP contribution < -0.4 is 0 Å². The van der Waals surface area contributed by atoms with Crippen LogP contribution in [-0.2, 0) is 4.74 Å². The van der Waals surface area contributed by atoms with Crippen molar-refractivity contribution in [1.29, 1.82) is 0 Å². The number of hydrogen-bond acceptors (Lipinski definition) is 3. The van der Waals surface area contributed by atoms with Crippen LogP contribution in [0.15, 0.2) is 42.6 Å². The average molecular weight is 401 g/mol. The van der Waals surface area contributed by atoms with Crippen LogP contribution in [-0.4, -0.2) is 22.2 Å². The molecule has 4 rings (SSSR count). The molecule has 28 heavy (non-hydrogen) atoms. The molecule has 0 saturated carbocycles. The monoisotopic (exact) mass is 400 g/mol. The lowest BCUT2D eigenvalue weighted by Gasteiger charge is -2.23. The molecule has 0 N–H and O–H groups in total. The number of hydrogen-bond donors (Lipinski definition) is 0. The minimum Gasteiger partial charge on any atom is -0.356 e. The van der Waals surface area contributed by atoms with Gasteiger partial charge in [-0.05, 0) is 61.6 Å². The molecule has 2 atom stereocenters. The van der Waals surface area contributed by atoms with Crippen molar-refractivity contribution in [1.82, 2.24) is 9.78 Å². The number of carbonyl (C=O) groups is 1. The summed E-state index contributed by atoms with van der Waals surface area (Å²) in [5.41, 5.74) is 2.21. The van der Waals surface area contributed by atoms with Gasteiger partial charge in [-0.1, -0.05) is 24.6 Å². The van der Waals surface area contributed by atoms with Crippen LogP contribution >= 0.6 is 11.6 Å². The summed E-state index contributed by atoms with van der Waals surface area (Å²) in [7, 11) is 0. The van der Waals surface area contributed by atoms with Gasteiger partial charge in [-0.25, -0.2) is 9.07 Å². The second-order valence-electron chi connectivity index (χ2n) is 7.17. The third-order valence-electron chi connectivity index (χ3n) is 5.37. The first-order valence-corrected chi connectivity index (χ1v) is 10.0. The zero-order valence-corrected chi connectivity index (χ0v) is 16.5. The molecule has 2 aromatic carbocycles. The first-order chi connectivity index (χ1) is 13.6. The molecule has 0 bridgehead atoms. The number of aromatic nitrogens is 2. The highest BCUT2D eigenvalue weighted by Gasteiger charge is 2.24. The van der Waals surface area contributed by atoms with Gasteiger partial charge in [0.05, 0.1) is 11.7 Å². The highest BCUT2D eigenvalue weighted by atomic mass is 35.5. The molecule has 0 spiro atoms. The Bertz CT molecular complexity index is 1010. The summed E-state index contributed by atoms with van der Waals surface area (Å²) in [5.74, 6) is -0.850. The lowest BCUT2D eigenvalue weighted by atomic mass is 9.88. The van der Waals surface area contributed by atoms with Gasteiger partial charge in [0.25, 0.3) is 0 Å². The normalized spacial score (nSPS) is 18.3. The minimum absolute atomic E-state index is 0.0282. The predicted octanol–water partition coefficient (Wildman–Crippen LogP) is 5.90. The van der Waals surface area contributed by atoms with Gasteiger partial charge in [0.2, 0.25) is 0 Å². The fourth-order valence-electron chi connectivity index (χ4n) is 3.88. The van der Waals surface area contributed by atoms with Crippen LogP contribution in [0.2, 0.25) is 5.02 Å². The molecule has 1 saturated heterocycles. The van der Waals surface area contributed by atoms with Crippen LogP contribution in [0, 0.1) is 5.82 Å². The average Bonchev–Trinajstić information content (AvgIpc) is 3.14. The summed E-state index contributed by atoms with van der Waals surface area (Å²) in [6.45, 7) is 2.68. The first kappa shape index (κ1) is 19.1. The van der Waals surface area contributed by atoms with Crippen molar-refractivity contribution in [2.45, 2.75) is 44.8 Å². The Morgan fingerprint density at radius 2 is 2.18 bits per heavy atom. The van der Waals surface area contributed by atoms with Crippen molar-refractivity contribution in [3.8, 4) is 0 Å². The van der Waals surface area contributed by atoms with Gasteiger partial charge >= 0.3 is 0 Å². The van der Waals surface area contributed by atoms with Crippen molar-refractivity contribution in [2.75, 3.05) is 6.61 Å². The Balaban J connectivity index is 1.65. The number of halogens is 2. The van der Waals surface area contributed by atoms with E-state index < -0.39 is 11.7 Å². The van der Waals surface area contributed by atoms with E-state index in [4.69, 9.17) is 16.3 Å². The Morgan fingerprint density at radius 3 is 2.89 bits per heavy atom. The number of nitrogens with zero attached hydrogens (tertiary/aromatic N) is 2. The van der Waals surface area contributed by atoms with E-state index >= 15 is 0 Å². The number of fused-ring (bicyclic) bond motifs is 1. The van der Waals surface area contributed by atoms with Crippen LogP contribution in [0.4, 0.5) is 4.39 Å². The van der Waals surface area contributed by atoms with Gasteiger partial charge in [-0.3, -0.25) is 4.79 Å². The maximum atomic E-state index is 13.4. The van der Waals surface area contributed by atoms with E-state index in [1.807, 2.05) is 29.8 Å². The summed E-state index contributed by atoms with van der Waals surface area (Å²) in [6, 6.07) is 9.81. The van der Waals surface area contributed by atoms with Crippen molar-refractivity contribution < 1.29 is 13.9 Å². The van der Waals surface area contributed by atoms with E-state index in [0.717, 1.165) is 36.8 Å². The molecule has 6 heteroatoms. The highest BCUT2D eigenvalue weighted by molar-refractivity contribution is 6.31. The number of ether oxygens (including phenoxy) is 1. The van der Waals surface area contributed by atoms with Gasteiger partial charge in [0.1, 0.15) is 5.82 Å². The maximum absolute atomic E-state index is 13.4. The van der Waals surface area contributed by atoms with E-state index in [1.165, 1.54) is 12.1 Å². The van der Waals surface area contributed by atoms with Crippen molar-refractivity contribution >= 4 is 28.3 Å². The predicted molar refractivity (Wildman–Crippen MR) is 107 cm³/mol. The summed E-state index contributed by atoms with van der Waals surface area (Å²) < 4.78 is 21.1. The van der Waals surface area contributed by atoms with E-state index in [9.17, 15) is 9.18 Å². The standard InChI is InChI=1S/C22H22ClFN2O2/c1-2-17(18-8-7-16(24)12-19(18)23)22(27)14-6-9-20-15(11-14)13-25-26(20)21-5-3-4-10-28-21/h6-9,11-13,17,21H,2-5,10H2,1H3/t17-,21?/m0/s1. The fraction of sp³-hybridized carbons (Fsp3) is 0.364. The zero-order valence-electron chi connectivity index (χ0n) is 15.7. The van der Waals surface area contributed by atoms with E-state index in [-0.39, 0.29) is 17.0 Å². The quantitative estimate of drug-likeness (QED) is 0.500. The molecule has 146 valence electrons. The number of benzene rings is 2. The van der Waals surface area contributed by atoms with Crippen LogP contribution in [0.1, 0.15) is 60.7 Å². The van der Waals surface area contributed by atoms with Crippen molar-refractivity contribution in [2.24, 2.45) is 0 Å². The molecule has 4 nitrogen and oxygen atoms in total. The molecule has 1 aliphatic rings. The molecule has 3 aromatic rings. The Labute approximate surface area is 168 Å². The molecule has 1 aromatic heterocycles. The largest absolute Gasteiger partial charge is 0.356 e. The Hall–Kier alpha value is -2.24. The minimum atomic E-state index is -0.415.